The van der Waals surface area contributed by atoms with Gasteiger partial charge in [-0.15, -0.1) is 0 Å². The second-order valence-corrected chi connectivity index (χ2v) is 13.2. The highest BCUT2D eigenvalue weighted by atomic mass is 16.6. The normalized spacial score (nSPS) is 15.7. The van der Waals surface area contributed by atoms with Crippen molar-refractivity contribution in [1.29, 1.82) is 0 Å². The number of unbranched alkanes of at least 4 members (excludes halogenated alkanes) is 1. The van der Waals surface area contributed by atoms with E-state index in [1.54, 1.807) is 24.3 Å². The minimum Gasteiger partial charge on any atom is -0.446 e. The van der Waals surface area contributed by atoms with E-state index in [-0.39, 0.29) is 17.9 Å². The van der Waals surface area contributed by atoms with Crippen LogP contribution in [0.2, 0.25) is 0 Å². The van der Waals surface area contributed by atoms with Crippen LogP contribution in [0.3, 0.4) is 0 Å². The zero-order chi connectivity index (χ0) is 33.3. The van der Waals surface area contributed by atoms with Crippen molar-refractivity contribution < 1.29 is 19.1 Å². The fourth-order valence-corrected chi connectivity index (χ4v) is 6.77. The second kappa shape index (κ2) is 15.9. The molecule has 1 fully saturated rings. The van der Waals surface area contributed by atoms with Gasteiger partial charge in [-0.2, -0.15) is 0 Å². The van der Waals surface area contributed by atoms with Crippen LogP contribution < -0.4 is 5.32 Å². The first kappa shape index (κ1) is 33.2. The van der Waals surface area contributed by atoms with Crippen LogP contribution in [0.15, 0.2) is 103 Å². The van der Waals surface area contributed by atoms with Gasteiger partial charge in [-0.25, -0.2) is 4.79 Å². The zero-order valence-electron chi connectivity index (χ0n) is 27.8. The van der Waals surface area contributed by atoms with Gasteiger partial charge in [0.05, 0.1) is 16.8 Å². The molecule has 1 unspecified atom stereocenters. The molecule has 48 heavy (non-hydrogen) atoms. The Bertz CT molecular complexity index is 1660. The Hall–Kier alpha value is -4.75. The lowest BCUT2D eigenvalue weighted by Gasteiger charge is -2.31. The Morgan fingerprint density at radius 3 is 2.04 bits per heavy atom. The summed E-state index contributed by atoms with van der Waals surface area (Å²) >= 11 is 0. The average Bonchev–Trinajstić information content (AvgIpc) is 3.36. The summed E-state index contributed by atoms with van der Waals surface area (Å²) in [6.07, 6.45) is 6.24. The Balaban J connectivity index is 0.863. The minimum absolute atomic E-state index is 0.0863. The predicted octanol–water partition coefficient (Wildman–Crippen LogP) is 8.60. The quantitative estimate of drug-likeness (QED) is 0.117. The first-order valence-corrected chi connectivity index (χ1v) is 17.3. The van der Waals surface area contributed by atoms with Gasteiger partial charge in [-0.1, -0.05) is 105 Å². The smallest absolute Gasteiger partial charge is 0.411 e. The molecule has 7 nitrogen and oxygen atoms in total. The molecule has 4 aromatic rings. The van der Waals surface area contributed by atoms with Crippen LogP contribution in [-0.4, -0.2) is 53.4 Å². The van der Waals surface area contributed by atoms with Crippen LogP contribution in [0.5, 0.6) is 0 Å². The molecule has 3 amide bonds. The third-order valence-corrected chi connectivity index (χ3v) is 9.62. The Labute approximate surface area is 283 Å². The molecule has 4 aromatic carbocycles. The van der Waals surface area contributed by atoms with Gasteiger partial charge in [0.2, 0.25) is 0 Å². The minimum atomic E-state index is -0.400. The number of fused-ring (bicyclic) bond motifs is 1. The van der Waals surface area contributed by atoms with Crippen LogP contribution in [0, 0.1) is 5.92 Å². The number of carbonyl (C=O) groups is 3. The number of rotatable bonds is 13. The van der Waals surface area contributed by atoms with Crippen molar-refractivity contribution in [3.63, 3.8) is 0 Å². The molecule has 0 spiro atoms. The van der Waals surface area contributed by atoms with E-state index >= 15 is 0 Å². The molecule has 1 saturated heterocycles. The van der Waals surface area contributed by atoms with Gasteiger partial charge in [-0.05, 0) is 72.9 Å². The van der Waals surface area contributed by atoms with E-state index in [1.165, 1.54) is 16.0 Å². The summed E-state index contributed by atoms with van der Waals surface area (Å²) in [5.74, 6) is 0.260. The third-order valence-electron chi connectivity index (χ3n) is 9.62. The number of anilines is 1. The van der Waals surface area contributed by atoms with Crippen molar-refractivity contribution >= 4 is 23.6 Å². The molecule has 1 atom stereocenters. The molecule has 1 N–H and O–H groups in total. The number of para-hydroxylation sites is 1. The lowest BCUT2D eigenvalue weighted by molar-refractivity contribution is 0.0566. The number of amides is 3. The van der Waals surface area contributed by atoms with Gasteiger partial charge >= 0.3 is 6.09 Å². The SMILES string of the molecule is CC(CCCCN1C(=O)c2ccccc2C1=O)CCc1ccc(CN2CCC(OC(=O)Nc3ccccc3-c3ccccc3)CC2)cc1. The molecule has 0 aromatic heterocycles. The number of aryl methyl sites for hydroxylation is 1. The molecular formula is C41H45N3O4. The fourth-order valence-electron chi connectivity index (χ4n) is 6.77. The first-order chi connectivity index (χ1) is 23.4. The molecule has 2 aliphatic rings. The molecule has 0 saturated carbocycles. The Morgan fingerprint density at radius 1 is 0.750 bits per heavy atom. The van der Waals surface area contributed by atoms with Crippen LogP contribution in [0.25, 0.3) is 11.1 Å². The van der Waals surface area contributed by atoms with E-state index in [9.17, 15) is 14.4 Å². The van der Waals surface area contributed by atoms with Gasteiger partial charge in [0.15, 0.2) is 0 Å². The summed E-state index contributed by atoms with van der Waals surface area (Å²) in [5.41, 5.74) is 6.48. The summed E-state index contributed by atoms with van der Waals surface area (Å²) < 4.78 is 5.82. The number of ether oxygens (including phenoxy) is 1. The summed E-state index contributed by atoms with van der Waals surface area (Å²) in [6, 6.07) is 33.9. The van der Waals surface area contributed by atoms with Crippen LogP contribution in [0.4, 0.5) is 10.5 Å². The van der Waals surface area contributed by atoms with E-state index in [1.807, 2.05) is 54.6 Å². The topological polar surface area (TPSA) is 79.0 Å². The van der Waals surface area contributed by atoms with Crippen molar-refractivity contribution in [2.45, 2.75) is 64.5 Å². The molecule has 0 radical (unpaired) electrons. The summed E-state index contributed by atoms with van der Waals surface area (Å²) in [7, 11) is 0. The van der Waals surface area contributed by atoms with E-state index in [2.05, 4.69) is 41.4 Å². The monoisotopic (exact) mass is 643 g/mol. The second-order valence-electron chi connectivity index (χ2n) is 13.2. The Kier molecular flexibility index (Phi) is 11.0. The number of imide groups is 1. The number of piperidine rings is 1. The molecule has 2 aliphatic heterocycles. The number of nitrogens with one attached hydrogen (secondary N) is 1. The number of hydrogen-bond acceptors (Lipinski definition) is 5. The molecular weight excluding hydrogens is 598 g/mol. The van der Waals surface area contributed by atoms with Crippen LogP contribution >= 0.6 is 0 Å². The van der Waals surface area contributed by atoms with E-state index in [4.69, 9.17) is 4.74 Å². The molecule has 2 heterocycles. The first-order valence-electron chi connectivity index (χ1n) is 17.3. The maximum absolute atomic E-state index is 12.8. The van der Waals surface area contributed by atoms with Crippen molar-refractivity contribution in [1.82, 2.24) is 9.80 Å². The molecule has 0 bridgehead atoms. The predicted molar refractivity (Wildman–Crippen MR) is 190 cm³/mol. The summed E-state index contributed by atoms with van der Waals surface area (Å²) in [5, 5.41) is 2.96. The van der Waals surface area contributed by atoms with Crippen molar-refractivity contribution in [2.24, 2.45) is 5.92 Å². The number of likely N-dealkylation sites (tertiary alicyclic amines) is 1. The number of carbonyl (C=O) groups excluding carboxylic acids is 3. The van der Waals surface area contributed by atoms with Crippen LogP contribution in [-0.2, 0) is 17.7 Å². The summed E-state index contributed by atoms with van der Waals surface area (Å²) in [4.78, 5) is 41.7. The maximum Gasteiger partial charge on any atom is 0.411 e. The highest BCUT2D eigenvalue weighted by molar-refractivity contribution is 6.21. The lowest BCUT2D eigenvalue weighted by atomic mass is 9.95. The van der Waals surface area contributed by atoms with E-state index < -0.39 is 6.09 Å². The van der Waals surface area contributed by atoms with Gasteiger partial charge in [0, 0.05) is 31.7 Å². The molecule has 7 heteroatoms. The lowest BCUT2D eigenvalue weighted by Crippen LogP contribution is -2.38. The van der Waals surface area contributed by atoms with Crippen LogP contribution in [0.1, 0.15) is 77.3 Å². The van der Waals surface area contributed by atoms with E-state index in [0.29, 0.717) is 23.6 Å². The average molecular weight is 644 g/mol. The number of hydrogen-bond donors (Lipinski definition) is 1. The fraction of sp³-hybridized carbons (Fsp3) is 0.341. The molecule has 248 valence electrons. The van der Waals surface area contributed by atoms with Gasteiger partial charge in [0.1, 0.15) is 6.10 Å². The van der Waals surface area contributed by atoms with Crippen molar-refractivity contribution in [2.75, 3.05) is 25.0 Å². The standard InChI is InChI=1S/C41H45N3O4/c1-30(11-9-10-26-44-39(45)36-15-5-6-16-37(36)40(44)46)18-19-31-20-22-32(23-21-31)29-43-27-24-34(25-28-43)48-41(47)42-38-17-8-7-14-35(38)33-12-3-2-4-13-33/h2-8,12-17,20-23,30,34H,9-11,18-19,24-29H2,1H3,(H,42,47). The molecule has 0 aliphatic carbocycles. The highest BCUT2D eigenvalue weighted by Gasteiger charge is 2.34. The number of nitrogens with zero attached hydrogens (tertiary/aromatic N) is 2. The van der Waals surface area contributed by atoms with Crippen molar-refractivity contribution in [3.05, 3.63) is 125 Å². The van der Waals surface area contributed by atoms with Crippen molar-refractivity contribution in [3.8, 4) is 11.1 Å². The van der Waals surface area contributed by atoms with Gasteiger partial charge < -0.3 is 4.74 Å². The number of benzene rings is 4. The molecule has 6 rings (SSSR count). The zero-order valence-corrected chi connectivity index (χ0v) is 27.8. The largest absolute Gasteiger partial charge is 0.446 e. The van der Waals surface area contributed by atoms with Gasteiger partial charge in [0.25, 0.3) is 11.8 Å². The highest BCUT2D eigenvalue weighted by Crippen LogP contribution is 2.28. The third kappa shape index (κ3) is 8.39. The summed E-state index contributed by atoms with van der Waals surface area (Å²) in [6.45, 7) is 5.46. The van der Waals surface area contributed by atoms with Gasteiger partial charge in [-0.3, -0.25) is 24.7 Å². The van der Waals surface area contributed by atoms with E-state index in [0.717, 1.165) is 81.4 Å². The maximum atomic E-state index is 12.8. The Morgan fingerprint density at radius 2 is 1.35 bits per heavy atom.